The molecule has 0 heterocycles. The van der Waals surface area contributed by atoms with Crippen molar-refractivity contribution < 1.29 is 10.2 Å². The molecule has 0 saturated heterocycles. The Morgan fingerprint density at radius 3 is 1.39 bits per heavy atom. The third kappa shape index (κ3) is 2.72. The molecule has 0 amide bonds. The molecule has 5 rings (SSSR count). The monoisotopic (exact) mass is 446 g/mol. The van der Waals surface area contributed by atoms with Crippen LogP contribution in [-0.4, -0.2) is 10.2 Å². The first-order valence-corrected chi connectivity index (χ1v) is 10.8. The van der Waals surface area contributed by atoms with Crippen LogP contribution in [0.1, 0.15) is 33.4 Å². The number of hydrogen-bond donors (Lipinski definition) is 2. The average molecular weight is 447 g/mol. The Kier molecular flexibility index (Phi) is 4.55. The lowest BCUT2D eigenvalue weighted by Gasteiger charge is -2.35. The SMILES string of the molecule is Cc1cc(C2(c3cc(C)c(O)c(Cl)c3)c3ccccc3-c3ccccc32)cc(Cl)c1O. The molecular formula is C27H20Cl2O2. The van der Waals surface area contributed by atoms with E-state index in [0.717, 1.165) is 33.4 Å². The molecule has 0 unspecified atom stereocenters. The second kappa shape index (κ2) is 7.05. The first-order chi connectivity index (χ1) is 14.9. The van der Waals surface area contributed by atoms with Crippen LogP contribution in [-0.2, 0) is 5.41 Å². The molecule has 154 valence electrons. The van der Waals surface area contributed by atoms with E-state index in [1.165, 1.54) is 0 Å². The van der Waals surface area contributed by atoms with Crippen molar-refractivity contribution in [3.05, 3.63) is 116 Å². The molecule has 0 radical (unpaired) electrons. The first-order valence-electron chi connectivity index (χ1n) is 10.0. The second-order valence-electron chi connectivity index (χ2n) is 8.09. The van der Waals surface area contributed by atoms with Crippen LogP contribution in [0.2, 0.25) is 10.0 Å². The van der Waals surface area contributed by atoms with Gasteiger partial charge in [0.15, 0.2) is 0 Å². The normalized spacial score (nSPS) is 13.7. The summed E-state index contributed by atoms with van der Waals surface area (Å²) < 4.78 is 0. The summed E-state index contributed by atoms with van der Waals surface area (Å²) >= 11 is 12.9. The Morgan fingerprint density at radius 2 is 1.00 bits per heavy atom. The standard InChI is InChI=1S/C27H20Cl2O2/c1-15-11-17(13-23(28)25(15)30)27(18-12-16(2)26(31)24(29)14-18)21-9-5-3-7-19(21)20-8-4-6-10-22(20)27/h3-14,30-31H,1-2H3. The van der Waals surface area contributed by atoms with E-state index < -0.39 is 5.41 Å². The predicted molar refractivity (Wildman–Crippen MR) is 127 cm³/mol. The predicted octanol–water partition coefficient (Wildman–Crippen LogP) is 7.38. The Labute approximate surface area is 191 Å². The van der Waals surface area contributed by atoms with E-state index in [0.29, 0.717) is 21.2 Å². The van der Waals surface area contributed by atoms with Crippen LogP contribution < -0.4 is 0 Å². The van der Waals surface area contributed by atoms with Crippen molar-refractivity contribution in [1.82, 2.24) is 0 Å². The topological polar surface area (TPSA) is 40.5 Å². The van der Waals surface area contributed by atoms with Crippen LogP contribution >= 0.6 is 23.2 Å². The van der Waals surface area contributed by atoms with Crippen LogP contribution in [0.3, 0.4) is 0 Å². The third-order valence-corrected chi connectivity index (χ3v) is 6.90. The molecule has 1 aliphatic rings. The molecule has 2 nitrogen and oxygen atoms in total. The molecule has 4 aromatic carbocycles. The quantitative estimate of drug-likeness (QED) is 0.296. The molecule has 31 heavy (non-hydrogen) atoms. The molecule has 4 aromatic rings. The van der Waals surface area contributed by atoms with Gasteiger partial charge in [-0.15, -0.1) is 0 Å². The number of phenols is 2. The summed E-state index contributed by atoms with van der Waals surface area (Å²) in [5.74, 6) is 0.167. The number of aryl methyl sites for hydroxylation is 2. The van der Waals surface area contributed by atoms with Crippen LogP contribution in [0.4, 0.5) is 0 Å². The van der Waals surface area contributed by atoms with Gasteiger partial charge < -0.3 is 10.2 Å². The molecule has 0 atom stereocenters. The van der Waals surface area contributed by atoms with Crippen molar-refractivity contribution in [2.45, 2.75) is 19.3 Å². The van der Waals surface area contributed by atoms with Crippen molar-refractivity contribution in [3.8, 4) is 22.6 Å². The minimum absolute atomic E-state index is 0.0834. The third-order valence-electron chi connectivity index (χ3n) is 6.33. The highest BCUT2D eigenvalue weighted by molar-refractivity contribution is 6.32. The fraction of sp³-hybridized carbons (Fsp3) is 0.111. The summed E-state index contributed by atoms with van der Waals surface area (Å²) in [7, 11) is 0. The lowest BCUT2D eigenvalue weighted by molar-refractivity contribution is 0.470. The van der Waals surface area contributed by atoms with Gasteiger partial charge >= 0.3 is 0 Å². The Morgan fingerprint density at radius 1 is 0.613 bits per heavy atom. The van der Waals surface area contributed by atoms with E-state index in [-0.39, 0.29) is 11.5 Å². The largest absolute Gasteiger partial charge is 0.506 e. The number of phenolic OH excluding ortho intramolecular Hbond substituents is 2. The average Bonchev–Trinajstić information content (AvgIpc) is 3.06. The van der Waals surface area contributed by atoms with Crippen LogP contribution in [0.15, 0.2) is 72.8 Å². The molecule has 2 N–H and O–H groups in total. The number of aromatic hydroxyl groups is 2. The summed E-state index contributed by atoms with van der Waals surface area (Å²) in [6, 6.07) is 24.3. The maximum absolute atomic E-state index is 10.4. The molecule has 1 aliphatic carbocycles. The van der Waals surface area contributed by atoms with Gasteiger partial charge in [-0.1, -0.05) is 83.9 Å². The maximum Gasteiger partial charge on any atom is 0.137 e. The zero-order valence-electron chi connectivity index (χ0n) is 17.1. The van der Waals surface area contributed by atoms with Gasteiger partial charge in [-0.25, -0.2) is 0 Å². The summed E-state index contributed by atoms with van der Waals surface area (Å²) in [5.41, 5.74) is 7.08. The van der Waals surface area contributed by atoms with E-state index in [1.54, 1.807) is 0 Å². The van der Waals surface area contributed by atoms with Crippen molar-refractivity contribution in [2.75, 3.05) is 0 Å². The Balaban J connectivity index is 2.00. The summed E-state index contributed by atoms with van der Waals surface area (Å²) in [5, 5.41) is 21.3. The Hall–Kier alpha value is -2.94. The fourth-order valence-electron chi connectivity index (χ4n) is 4.93. The van der Waals surface area contributed by atoms with E-state index >= 15 is 0 Å². The fourth-order valence-corrected chi connectivity index (χ4v) is 5.46. The molecular weight excluding hydrogens is 427 g/mol. The van der Waals surface area contributed by atoms with Gasteiger partial charge in [-0.3, -0.25) is 0 Å². The van der Waals surface area contributed by atoms with E-state index in [9.17, 15) is 10.2 Å². The smallest absolute Gasteiger partial charge is 0.137 e. The highest BCUT2D eigenvalue weighted by Crippen LogP contribution is 2.57. The lowest BCUT2D eigenvalue weighted by atomic mass is 9.67. The zero-order valence-corrected chi connectivity index (χ0v) is 18.6. The first kappa shape index (κ1) is 20.0. The number of hydrogen-bond acceptors (Lipinski definition) is 2. The van der Waals surface area contributed by atoms with Crippen molar-refractivity contribution >= 4 is 23.2 Å². The summed E-state index contributed by atoms with van der Waals surface area (Å²) in [6.45, 7) is 3.69. The highest BCUT2D eigenvalue weighted by Gasteiger charge is 2.46. The molecule has 0 aromatic heterocycles. The molecule has 0 bridgehead atoms. The van der Waals surface area contributed by atoms with Crippen LogP contribution in [0.25, 0.3) is 11.1 Å². The molecule has 0 fully saturated rings. The van der Waals surface area contributed by atoms with E-state index in [1.807, 2.05) is 62.4 Å². The second-order valence-corrected chi connectivity index (χ2v) is 8.90. The molecule has 0 saturated carbocycles. The van der Waals surface area contributed by atoms with Crippen molar-refractivity contribution in [1.29, 1.82) is 0 Å². The number of rotatable bonds is 2. The molecule has 0 aliphatic heterocycles. The van der Waals surface area contributed by atoms with Gasteiger partial charge in [0.05, 0.1) is 15.5 Å². The number of benzene rings is 4. The van der Waals surface area contributed by atoms with E-state index in [2.05, 4.69) is 24.3 Å². The number of halogens is 2. The van der Waals surface area contributed by atoms with Gasteiger partial charge in [-0.2, -0.15) is 0 Å². The minimum Gasteiger partial charge on any atom is -0.506 e. The highest BCUT2D eigenvalue weighted by atomic mass is 35.5. The molecule has 0 spiro atoms. The van der Waals surface area contributed by atoms with Gasteiger partial charge in [0.2, 0.25) is 0 Å². The van der Waals surface area contributed by atoms with Crippen molar-refractivity contribution in [3.63, 3.8) is 0 Å². The summed E-state index contributed by atoms with van der Waals surface area (Å²) in [4.78, 5) is 0. The van der Waals surface area contributed by atoms with Crippen LogP contribution in [0, 0.1) is 13.8 Å². The van der Waals surface area contributed by atoms with Gasteiger partial charge in [0.25, 0.3) is 0 Å². The number of fused-ring (bicyclic) bond motifs is 3. The Bertz CT molecular complexity index is 1210. The van der Waals surface area contributed by atoms with Gasteiger partial charge in [0.1, 0.15) is 11.5 Å². The molecule has 4 heteroatoms. The summed E-state index contributed by atoms with van der Waals surface area (Å²) in [6.07, 6.45) is 0. The minimum atomic E-state index is -0.697. The van der Waals surface area contributed by atoms with Gasteiger partial charge in [0, 0.05) is 0 Å². The van der Waals surface area contributed by atoms with E-state index in [4.69, 9.17) is 23.2 Å². The van der Waals surface area contributed by atoms with Gasteiger partial charge in [-0.05, 0) is 70.5 Å². The lowest BCUT2D eigenvalue weighted by Crippen LogP contribution is -2.29. The maximum atomic E-state index is 10.4. The van der Waals surface area contributed by atoms with Crippen molar-refractivity contribution in [2.24, 2.45) is 0 Å². The van der Waals surface area contributed by atoms with Crippen LogP contribution in [0.5, 0.6) is 11.5 Å². The zero-order chi connectivity index (χ0) is 21.9.